The first kappa shape index (κ1) is 24.0. The predicted molar refractivity (Wildman–Crippen MR) is 126 cm³/mol. The number of hydrogen-bond donors (Lipinski definition) is 1. The lowest BCUT2D eigenvalue weighted by Gasteiger charge is -2.27. The Morgan fingerprint density at radius 1 is 1.12 bits per heavy atom. The van der Waals surface area contributed by atoms with E-state index < -0.39 is 11.7 Å². The Kier molecular flexibility index (Phi) is 7.05. The van der Waals surface area contributed by atoms with Gasteiger partial charge in [0.15, 0.2) is 0 Å². The van der Waals surface area contributed by atoms with E-state index in [0.717, 1.165) is 54.1 Å². The Bertz CT molecular complexity index is 1160. The van der Waals surface area contributed by atoms with Gasteiger partial charge in [-0.1, -0.05) is 38.1 Å². The Balaban J connectivity index is 1.46. The number of anilines is 1. The number of rotatable bonds is 9. The van der Waals surface area contributed by atoms with Crippen LogP contribution in [0.2, 0.25) is 0 Å². The van der Waals surface area contributed by atoms with Gasteiger partial charge in [0, 0.05) is 37.4 Å². The summed E-state index contributed by atoms with van der Waals surface area (Å²) in [5.74, 6) is 2.24. The van der Waals surface area contributed by atoms with Gasteiger partial charge < -0.3 is 10.2 Å². The van der Waals surface area contributed by atoms with Crippen molar-refractivity contribution < 1.29 is 18.0 Å². The van der Waals surface area contributed by atoms with E-state index in [2.05, 4.69) is 24.1 Å². The zero-order chi connectivity index (χ0) is 24.3. The predicted octanol–water partition coefficient (Wildman–Crippen LogP) is 5.69. The number of carbonyl (C=O) groups is 1. The molecule has 1 aromatic heterocycles. The van der Waals surface area contributed by atoms with E-state index in [1.807, 2.05) is 24.3 Å². The first-order valence-electron chi connectivity index (χ1n) is 11.6. The zero-order valence-electron chi connectivity index (χ0n) is 19.4. The third kappa shape index (κ3) is 6.04. The lowest BCUT2D eigenvalue weighted by Crippen LogP contribution is -2.34. The van der Waals surface area contributed by atoms with Crippen LogP contribution < -0.4 is 10.2 Å². The molecule has 34 heavy (non-hydrogen) atoms. The number of halogens is 3. The van der Waals surface area contributed by atoms with Gasteiger partial charge in [-0.3, -0.25) is 4.79 Å². The van der Waals surface area contributed by atoms with Crippen LogP contribution >= 0.6 is 0 Å². The Morgan fingerprint density at radius 2 is 1.88 bits per heavy atom. The molecule has 1 fully saturated rings. The summed E-state index contributed by atoms with van der Waals surface area (Å²) in [5.41, 5.74) is 0.597. The number of fused-ring (bicyclic) bond motifs is 1. The fourth-order valence-corrected chi connectivity index (χ4v) is 3.95. The van der Waals surface area contributed by atoms with Crippen LogP contribution in [0.15, 0.2) is 48.5 Å². The number of nitrogens with one attached hydrogen (secondary N) is 1. The van der Waals surface area contributed by atoms with E-state index in [0.29, 0.717) is 23.9 Å². The fraction of sp³-hybridized carbons (Fsp3) is 0.423. The molecule has 4 rings (SSSR count). The number of amides is 1. The van der Waals surface area contributed by atoms with Crippen molar-refractivity contribution >= 4 is 22.6 Å². The van der Waals surface area contributed by atoms with Crippen LogP contribution in [-0.2, 0) is 17.5 Å². The molecule has 1 aliphatic carbocycles. The maximum atomic E-state index is 12.9. The summed E-state index contributed by atoms with van der Waals surface area (Å²) < 4.78 is 38.8. The van der Waals surface area contributed by atoms with E-state index in [9.17, 15) is 18.0 Å². The molecule has 8 heteroatoms. The van der Waals surface area contributed by atoms with Crippen molar-refractivity contribution in [3.63, 3.8) is 0 Å². The molecule has 0 saturated heterocycles. The van der Waals surface area contributed by atoms with Crippen molar-refractivity contribution in [3.8, 4) is 0 Å². The maximum Gasteiger partial charge on any atom is 0.416 e. The molecule has 0 aliphatic heterocycles. The SMILES string of the molecule is CC(C)CN(CCC(=O)NCc1cccc(C(F)(F)F)c1)c1nc(C2CC2)nc2ccccc12. The maximum absolute atomic E-state index is 12.9. The third-order valence-corrected chi connectivity index (χ3v) is 5.78. The first-order chi connectivity index (χ1) is 16.2. The summed E-state index contributed by atoms with van der Waals surface area (Å²) in [6, 6.07) is 12.9. The van der Waals surface area contributed by atoms with Gasteiger partial charge in [0.05, 0.1) is 11.1 Å². The summed E-state index contributed by atoms with van der Waals surface area (Å²) >= 11 is 0. The minimum Gasteiger partial charge on any atom is -0.355 e. The standard InChI is InChI=1S/C26H29F3N4O/c1-17(2)16-33(25-21-8-3-4-9-22(21)31-24(32-25)19-10-11-19)13-12-23(34)30-15-18-6-5-7-20(14-18)26(27,28)29/h3-9,14,17,19H,10-13,15-16H2,1-2H3,(H,30,34). The Hall–Kier alpha value is -3.16. The molecule has 0 unspecified atom stereocenters. The summed E-state index contributed by atoms with van der Waals surface area (Å²) in [6.45, 7) is 5.47. The van der Waals surface area contributed by atoms with Gasteiger partial charge in [0.2, 0.25) is 5.91 Å². The van der Waals surface area contributed by atoms with Crippen molar-refractivity contribution in [2.75, 3.05) is 18.0 Å². The van der Waals surface area contributed by atoms with Crippen molar-refractivity contribution in [1.82, 2.24) is 15.3 Å². The van der Waals surface area contributed by atoms with Crippen molar-refractivity contribution in [2.24, 2.45) is 5.92 Å². The highest BCUT2D eigenvalue weighted by Crippen LogP contribution is 2.40. The minimum absolute atomic E-state index is 0.0508. The van der Waals surface area contributed by atoms with Gasteiger partial charge in [0.25, 0.3) is 0 Å². The van der Waals surface area contributed by atoms with Crippen molar-refractivity contribution in [2.45, 2.75) is 51.7 Å². The minimum atomic E-state index is -4.41. The molecule has 1 saturated carbocycles. The summed E-state index contributed by atoms with van der Waals surface area (Å²) in [7, 11) is 0. The first-order valence-corrected chi connectivity index (χ1v) is 11.6. The molecule has 0 atom stereocenters. The quantitative estimate of drug-likeness (QED) is 0.436. The second-order valence-electron chi connectivity index (χ2n) is 9.26. The monoisotopic (exact) mass is 470 g/mol. The van der Waals surface area contributed by atoms with Crippen LogP contribution in [0.3, 0.4) is 0 Å². The highest BCUT2D eigenvalue weighted by atomic mass is 19.4. The number of benzene rings is 2. The third-order valence-electron chi connectivity index (χ3n) is 5.78. The molecule has 1 amide bonds. The number of para-hydroxylation sites is 1. The van der Waals surface area contributed by atoms with Gasteiger partial charge in [-0.15, -0.1) is 0 Å². The molecule has 180 valence electrons. The Morgan fingerprint density at radius 3 is 2.59 bits per heavy atom. The van der Waals surface area contributed by atoms with Gasteiger partial charge in [0.1, 0.15) is 11.6 Å². The van der Waals surface area contributed by atoms with Gasteiger partial charge >= 0.3 is 6.18 Å². The normalized spacial score (nSPS) is 13.9. The van der Waals surface area contributed by atoms with Crippen LogP contribution in [0.1, 0.15) is 56.0 Å². The zero-order valence-corrected chi connectivity index (χ0v) is 19.4. The molecule has 2 aromatic carbocycles. The molecule has 3 aromatic rings. The van der Waals surface area contributed by atoms with E-state index in [1.165, 1.54) is 6.07 Å². The van der Waals surface area contributed by atoms with Crippen LogP contribution in [0.4, 0.5) is 19.0 Å². The number of alkyl halides is 3. The fourth-order valence-electron chi connectivity index (χ4n) is 3.95. The smallest absolute Gasteiger partial charge is 0.355 e. The molecule has 1 heterocycles. The van der Waals surface area contributed by atoms with Gasteiger partial charge in [-0.05, 0) is 48.6 Å². The van der Waals surface area contributed by atoms with E-state index >= 15 is 0 Å². The number of aromatic nitrogens is 2. The van der Waals surface area contributed by atoms with E-state index in [1.54, 1.807) is 6.07 Å². The molecular formula is C26H29F3N4O. The molecule has 0 radical (unpaired) electrons. The highest BCUT2D eigenvalue weighted by Gasteiger charge is 2.30. The molecule has 5 nitrogen and oxygen atoms in total. The summed E-state index contributed by atoms with van der Waals surface area (Å²) in [6.07, 6.45) is -2.00. The lowest BCUT2D eigenvalue weighted by atomic mass is 10.1. The molecule has 0 spiro atoms. The van der Waals surface area contributed by atoms with Crippen LogP contribution in [0.5, 0.6) is 0 Å². The largest absolute Gasteiger partial charge is 0.416 e. The second-order valence-corrected chi connectivity index (χ2v) is 9.26. The van der Waals surface area contributed by atoms with Crippen LogP contribution in [0.25, 0.3) is 10.9 Å². The lowest BCUT2D eigenvalue weighted by molar-refractivity contribution is -0.137. The van der Waals surface area contributed by atoms with Crippen molar-refractivity contribution in [1.29, 1.82) is 0 Å². The second kappa shape index (κ2) is 9.99. The van der Waals surface area contributed by atoms with Crippen LogP contribution in [0, 0.1) is 5.92 Å². The number of nitrogens with zero attached hydrogens (tertiary/aromatic N) is 3. The number of carbonyl (C=O) groups excluding carboxylic acids is 1. The molecule has 1 N–H and O–H groups in total. The van der Waals surface area contributed by atoms with Gasteiger partial charge in [-0.25, -0.2) is 9.97 Å². The molecule has 1 aliphatic rings. The summed E-state index contributed by atoms with van der Waals surface area (Å²) in [5, 5.41) is 3.70. The number of hydrogen-bond acceptors (Lipinski definition) is 4. The average molecular weight is 471 g/mol. The van der Waals surface area contributed by atoms with Gasteiger partial charge in [-0.2, -0.15) is 13.2 Å². The highest BCUT2D eigenvalue weighted by molar-refractivity contribution is 5.90. The topological polar surface area (TPSA) is 58.1 Å². The van der Waals surface area contributed by atoms with Crippen LogP contribution in [-0.4, -0.2) is 29.0 Å². The molecule has 0 bridgehead atoms. The van der Waals surface area contributed by atoms with Crippen molar-refractivity contribution in [3.05, 3.63) is 65.5 Å². The average Bonchev–Trinajstić information content (AvgIpc) is 3.65. The van der Waals surface area contributed by atoms with E-state index in [-0.39, 0.29) is 18.9 Å². The van der Waals surface area contributed by atoms with E-state index in [4.69, 9.17) is 9.97 Å². The Labute approximate surface area is 197 Å². The molecular weight excluding hydrogens is 441 g/mol. The summed E-state index contributed by atoms with van der Waals surface area (Å²) in [4.78, 5) is 24.3.